The topological polar surface area (TPSA) is 48.4 Å². The van der Waals surface area contributed by atoms with E-state index in [1.165, 1.54) is 11.3 Å². The number of hydrogen-bond donors (Lipinski definition) is 0. The van der Waals surface area contributed by atoms with Crippen LogP contribution in [0.5, 0.6) is 11.5 Å². The van der Waals surface area contributed by atoms with E-state index in [9.17, 15) is 4.79 Å². The second-order valence-corrected chi connectivity index (χ2v) is 8.03. The summed E-state index contributed by atoms with van der Waals surface area (Å²) in [5.74, 6) is 1.41. The maximum absolute atomic E-state index is 13.5. The van der Waals surface area contributed by atoms with Gasteiger partial charge in [0.2, 0.25) is 0 Å². The standard InChI is InChI=1S/C27H23NO3S/c1-3-17-31-22-13-9-19(10-14-22)18-23(27-28-24-7-5-6-8-25(24)32-27)26(29)20-11-15-21(16-12-20)30-4-2/h3,5-16,18H,1,4,17H2,2H3/b23-18+. The summed E-state index contributed by atoms with van der Waals surface area (Å²) in [5.41, 5.74) is 2.91. The Bertz CT molecular complexity index is 1220. The van der Waals surface area contributed by atoms with Crippen molar-refractivity contribution in [2.75, 3.05) is 13.2 Å². The molecule has 160 valence electrons. The molecule has 0 aliphatic carbocycles. The van der Waals surface area contributed by atoms with Gasteiger partial charge in [-0.3, -0.25) is 4.79 Å². The molecule has 1 heterocycles. The monoisotopic (exact) mass is 441 g/mol. The van der Waals surface area contributed by atoms with Gasteiger partial charge in [-0.05, 0) is 67.1 Å². The molecule has 4 rings (SSSR count). The number of hydrogen-bond acceptors (Lipinski definition) is 5. The van der Waals surface area contributed by atoms with Crippen LogP contribution in [0.25, 0.3) is 21.9 Å². The first kappa shape index (κ1) is 21.5. The van der Waals surface area contributed by atoms with Crippen LogP contribution in [0.15, 0.2) is 85.5 Å². The molecule has 0 aliphatic rings. The Labute approximate surface area is 191 Å². The zero-order valence-electron chi connectivity index (χ0n) is 17.8. The van der Waals surface area contributed by atoms with Gasteiger partial charge >= 0.3 is 0 Å². The van der Waals surface area contributed by atoms with Gasteiger partial charge in [0.25, 0.3) is 0 Å². The number of carbonyl (C=O) groups excluding carboxylic acids is 1. The van der Waals surface area contributed by atoms with Crippen LogP contribution in [0.2, 0.25) is 0 Å². The Morgan fingerprint density at radius 3 is 2.34 bits per heavy atom. The molecular formula is C27H23NO3S. The summed E-state index contributed by atoms with van der Waals surface area (Å²) in [5, 5.41) is 0.692. The van der Waals surface area contributed by atoms with E-state index < -0.39 is 0 Å². The van der Waals surface area contributed by atoms with E-state index in [-0.39, 0.29) is 5.78 Å². The summed E-state index contributed by atoms with van der Waals surface area (Å²) >= 11 is 1.51. The lowest BCUT2D eigenvalue weighted by atomic mass is 10.0. The highest BCUT2D eigenvalue weighted by atomic mass is 32.1. The third-order valence-corrected chi connectivity index (χ3v) is 5.83. The van der Waals surface area contributed by atoms with Gasteiger partial charge in [0, 0.05) is 5.56 Å². The molecular weight excluding hydrogens is 418 g/mol. The van der Waals surface area contributed by atoms with Crippen LogP contribution in [0.4, 0.5) is 0 Å². The minimum Gasteiger partial charge on any atom is -0.494 e. The van der Waals surface area contributed by atoms with Crippen molar-refractivity contribution in [3.8, 4) is 11.5 Å². The first-order valence-electron chi connectivity index (χ1n) is 10.4. The summed E-state index contributed by atoms with van der Waals surface area (Å²) < 4.78 is 12.1. The van der Waals surface area contributed by atoms with Crippen molar-refractivity contribution in [3.63, 3.8) is 0 Å². The van der Waals surface area contributed by atoms with E-state index in [0.717, 1.165) is 27.3 Å². The Kier molecular flexibility index (Phi) is 6.78. The molecule has 0 unspecified atom stereocenters. The second-order valence-electron chi connectivity index (χ2n) is 7.00. The van der Waals surface area contributed by atoms with Gasteiger partial charge in [-0.15, -0.1) is 11.3 Å². The molecule has 3 aromatic carbocycles. The number of allylic oxidation sites excluding steroid dienone is 1. The third kappa shape index (κ3) is 4.95. The zero-order valence-corrected chi connectivity index (χ0v) is 18.6. The minimum atomic E-state index is -0.0842. The lowest BCUT2D eigenvalue weighted by Crippen LogP contribution is -2.03. The van der Waals surface area contributed by atoms with Gasteiger partial charge in [0.05, 0.1) is 22.4 Å². The third-order valence-electron chi connectivity index (χ3n) is 4.76. The number of benzene rings is 3. The number of Topliss-reactive ketones (excluding diaryl/α,β-unsaturated/α-hetero) is 1. The summed E-state index contributed by atoms with van der Waals surface area (Å²) in [6, 6.07) is 22.7. The van der Waals surface area contributed by atoms with Gasteiger partial charge in [-0.1, -0.05) is 36.9 Å². The molecule has 5 heteroatoms. The molecule has 0 fully saturated rings. The number of carbonyl (C=O) groups is 1. The number of nitrogens with zero attached hydrogens (tertiary/aromatic N) is 1. The number of ketones is 1. The van der Waals surface area contributed by atoms with Crippen LogP contribution in [0, 0.1) is 0 Å². The quantitative estimate of drug-likeness (QED) is 0.165. The fourth-order valence-corrected chi connectivity index (χ4v) is 4.20. The fraction of sp³-hybridized carbons (Fsp3) is 0.111. The highest BCUT2D eigenvalue weighted by Crippen LogP contribution is 2.31. The van der Waals surface area contributed by atoms with Crippen LogP contribution in [-0.2, 0) is 0 Å². The smallest absolute Gasteiger partial charge is 0.196 e. The summed E-state index contributed by atoms with van der Waals surface area (Å²) in [7, 11) is 0. The van der Waals surface area contributed by atoms with Crippen molar-refractivity contribution in [1.82, 2.24) is 4.98 Å². The average Bonchev–Trinajstić information content (AvgIpc) is 3.26. The number of fused-ring (bicyclic) bond motifs is 1. The van der Waals surface area contributed by atoms with Crippen molar-refractivity contribution in [2.45, 2.75) is 6.92 Å². The van der Waals surface area contributed by atoms with E-state index in [0.29, 0.717) is 29.4 Å². The van der Waals surface area contributed by atoms with E-state index >= 15 is 0 Å². The summed E-state index contributed by atoms with van der Waals surface area (Å²) in [6.07, 6.45) is 3.59. The predicted octanol–water partition coefficient (Wildman–Crippen LogP) is 6.68. The van der Waals surface area contributed by atoms with Gasteiger partial charge < -0.3 is 9.47 Å². The average molecular weight is 442 g/mol. The van der Waals surface area contributed by atoms with Crippen molar-refractivity contribution in [1.29, 1.82) is 0 Å². The first-order chi connectivity index (χ1) is 15.7. The minimum absolute atomic E-state index is 0.0842. The predicted molar refractivity (Wildman–Crippen MR) is 132 cm³/mol. The molecule has 0 bridgehead atoms. The normalized spacial score (nSPS) is 11.3. The van der Waals surface area contributed by atoms with Gasteiger partial charge in [0.1, 0.15) is 23.1 Å². The lowest BCUT2D eigenvalue weighted by Gasteiger charge is -2.07. The molecule has 0 spiro atoms. The number of ether oxygens (including phenoxy) is 2. The number of para-hydroxylation sites is 1. The SMILES string of the molecule is C=CCOc1ccc(/C=C(\C(=O)c2ccc(OCC)cc2)c2nc3ccccc3s2)cc1. The van der Waals surface area contributed by atoms with Crippen LogP contribution < -0.4 is 9.47 Å². The van der Waals surface area contributed by atoms with Crippen LogP contribution >= 0.6 is 11.3 Å². The van der Waals surface area contributed by atoms with E-state index in [1.54, 1.807) is 18.2 Å². The Balaban J connectivity index is 1.73. The highest BCUT2D eigenvalue weighted by Gasteiger charge is 2.19. The number of rotatable bonds is 9. The molecule has 0 saturated heterocycles. The van der Waals surface area contributed by atoms with E-state index in [1.807, 2.05) is 73.7 Å². The molecule has 0 aliphatic heterocycles. The van der Waals surface area contributed by atoms with Gasteiger partial charge in [-0.25, -0.2) is 4.98 Å². The van der Waals surface area contributed by atoms with Crippen LogP contribution in [-0.4, -0.2) is 24.0 Å². The molecule has 0 amide bonds. The van der Waals surface area contributed by atoms with Gasteiger partial charge in [0.15, 0.2) is 5.78 Å². The molecule has 4 nitrogen and oxygen atoms in total. The molecule has 4 aromatic rings. The van der Waals surface area contributed by atoms with Gasteiger partial charge in [-0.2, -0.15) is 0 Å². The number of thiazole rings is 1. The molecule has 32 heavy (non-hydrogen) atoms. The summed E-state index contributed by atoms with van der Waals surface area (Å²) in [4.78, 5) is 18.3. The molecule has 0 N–H and O–H groups in total. The van der Waals surface area contributed by atoms with E-state index in [2.05, 4.69) is 6.58 Å². The van der Waals surface area contributed by atoms with Crippen molar-refractivity contribution in [3.05, 3.63) is 102 Å². The number of aromatic nitrogens is 1. The molecule has 1 aromatic heterocycles. The molecule has 0 radical (unpaired) electrons. The zero-order chi connectivity index (χ0) is 22.3. The van der Waals surface area contributed by atoms with Crippen molar-refractivity contribution in [2.24, 2.45) is 0 Å². The highest BCUT2D eigenvalue weighted by molar-refractivity contribution is 7.20. The maximum Gasteiger partial charge on any atom is 0.196 e. The van der Waals surface area contributed by atoms with Crippen molar-refractivity contribution < 1.29 is 14.3 Å². The Morgan fingerprint density at radius 2 is 1.66 bits per heavy atom. The second kappa shape index (κ2) is 10.1. The van der Waals surface area contributed by atoms with Crippen LogP contribution in [0.1, 0.15) is 27.9 Å². The van der Waals surface area contributed by atoms with Crippen LogP contribution in [0.3, 0.4) is 0 Å². The lowest BCUT2D eigenvalue weighted by molar-refractivity contribution is 0.105. The Morgan fingerprint density at radius 1 is 0.969 bits per heavy atom. The molecule has 0 saturated carbocycles. The largest absolute Gasteiger partial charge is 0.494 e. The molecule has 0 atom stereocenters. The summed E-state index contributed by atoms with van der Waals surface area (Å²) in [6.45, 7) is 6.62. The first-order valence-corrected chi connectivity index (χ1v) is 11.2. The maximum atomic E-state index is 13.5. The van der Waals surface area contributed by atoms with Crippen molar-refractivity contribution >= 4 is 39.0 Å². The Hall–Kier alpha value is -3.70. The fourth-order valence-electron chi connectivity index (χ4n) is 3.22. The van der Waals surface area contributed by atoms with E-state index in [4.69, 9.17) is 14.5 Å².